The molecule has 4 atom stereocenters. The second kappa shape index (κ2) is 5.58. The molecule has 0 aromatic heterocycles. The summed E-state index contributed by atoms with van der Waals surface area (Å²) in [6, 6.07) is 7.96. The molecule has 2 amide bonds. The highest BCUT2D eigenvalue weighted by molar-refractivity contribution is 6.23. The maximum Gasteiger partial charge on any atom is 0.238 e. The number of carbonyl (C=O) groups is 2. The van der Waals surface area contributed by atoms with Crippen LogP contribution in [0.15, 0.2) is 35.4 Å². The lowest BCUT2D eigenvalue weighted by molar-refractivity contribution is -0.123. The minimum atomic E-state index is -0.114. The van der Waals surface area contributed by atoms with E-state index in [1.165, 1.54) is 21.6 Å². The molecule has 4 rings (SSSR count). The first kappa shape index (κ1) is 15.6. The third-order valence-electron chi connectivity index (χ3n) is 6.16. The zero-order chi connectivity index (χ0) is 17.0. The summed E-state index contributed by atoms with van der Waals surface area (Å²) < 4.78 is 0. The fourth-order valence-corrected chi connectivity index (χ4v) is 5.35. The largest absolute Gasteiger partial charge is 0.274 e. The zero-order valence-electron chi connectivity index (χ0n) is 14.7. The number of anilines is 1. The van der Waals surface area contributed by atoms with Crippen molar-refractivity contribution in [2.75, 3.05) is 4.90 Å². The van der Waals surface area contributed by atoms with E-state index in [9.17, 15) is 9.59 Å². The minimum absolute atomic E-state index is 0.0270. The van der Waals surface area contributed by atoms with Crippen molar-refractivity contribution in [3.63, 3.8) is 0 Å². The van der Waals surface area contributed by atoms with Gasteiger partial charge in [-0.1, -0.05) is 36.6 Å². The highest BCUT2D eigenvalue weighted by Gasteiger charge is 2.63. The summed E-state index contributed by atoms with van der Waals surface area (Å²) >= 11 is 0. The Bertz CT molecular complexity index is 695. The van der Waals surface area contributed by atoms with Crippen LogP contribution in [-0.2, 0) is 16.0 Å². The average Bonchev–Trinajstić information content (AvgIpc) is 3.19. The van der Waals surface area contributed by atoms with E-state index < -0.39 is 0 Å². The van der Waals surface area contributed by atoms with Gasteiger partial charge in [0.2, 0.25) is 11.8 Å². The van der Waals surface area contributed by atoms with Gasteiger partial charge in [0.15, 0.2) is 0 Å². The van der Waals surface area contributed by atoms with E-state index in [0.29, 0.717) is 11.8 Å². The Labute approximate surface area is 143 Å². The Kier molecular flexibility index (Phi) is 3.63. The normalized spacial score (nSPS) is 31.1. The van der Waals surface area contributed by atoms with Crippen LogP contribution in [-0.4, -0.2) is 11.8 Å². The fourth-order valence-electron chi connectivity index (χ4n) is 5.35. The lowest BCUT2D eigenvalue weighted by Crippen LogP contribution is -2.33. The van der Waals surface area contributed by atoms with Gasteiger partial charge in [0.05, 0.1) is 17.5 Å². The van der Waals surface area contributed by atoms with Crippen molar-refractivity contribution in [3.05, 3.63) is 41.0 Å². The van der Waals surface area contributed by atoms with Gasteiger partial charge < -0.3 is 0 Å². The van der Waals surface area contributed by atoms with Crippen molar-refractivity contribution in [1.82, 2.24) is 0 Å². The van der Waals surface area contributed by atoms with Crippen LogP contribution in [0.5, 0.6) is 0 Å². The smallest absolute Gasteiger partial charge is 0.238 e. The maximum atomic E-state index is 13.0. The number of amides is 2. The van der Waals surface area contributed by atoms with Gasteiger partial charge in [-0.05, 0) is 62.6 Å². The Morgan fingerprint density at radius 2 is 1.54 bits per heavy atom. The molecule has 0 N–H and O–H groups in total. The highest BCUT2D eigenvalue weighted by Crippen LogP contribution is 2.60. The van der Waals surface area contributed by atoms with Crippen LogP contribution in [0.2, 0.25) is 0 Å². The number of rotatable bonds is 3. The topological polar surface area (TPSA) is 37.4 Å². The van der Waals surface area contributed by atoms with Crippen LogP contribution in [0.25, 0.3) is 0 Å². The Morgan fingerprint density at radius 1 is 1.00 bits per heavy atom. The van der Waals surface area contributed by atoms with Crippen molar-refractivity contribution in [2.24, 2.45) is 23.7 Å². The van der Waals surface area contributed by atoms with Gasteiger partial charge in [-0.3, -0.25) is 14.5 Å². The summed E-state index contributed by atoms with van der Waals surface area (Å²) in [5, 5.41) is 0. The molecule has 0 radical (unpaired) electrons. The van der Waals surface area contributed by atoms with Crippen molar-refractivity contribution in [3.8, 4) is 0 Å². The van der Waals surface area contributed by atoms with Gasteiger partial charge in [-0.2, -0.15) is 0 Å². The van der Waals surface area contributed by atoms with E-state index in [1.54, 1.807) is 0 Å². The number of hydrogen-bond donors (Lipinski definition) is 0. The average molecular weight is 323 g/mol. The summed E-state index contributed by atoms with van der Waals surface area (Å²) in [5.74, 6) is 0.419. The third kappa shape index (κ3) is 2.03. The number of nitrogens with zero attached hydrogens (tertiary/aromatic N) is 1. The monoisotopic (exact) mass is 323 g/mol. The molecule has 2 saturated carbocycles. The highest BCUT2D eigenvalue weighted by atomic mass is 16.2. The third-order valence-corrected chi connectivity index (χ3v) is 6.16. The molecule has 126 valence electrons. The van der Waals surface area contributed by atoms with E-state index in [-0.39, 0.29) is 23.7 Å². The molecular formula is C21H25NO2. The zero-order valence-corrected chi connectivity index (χ0v) is 14.7. The quantitative estimate of drug-likeness (QED) is 0.620. The first-order valence-corrected chi connectivity index (χ1v) is 9.18. The van der Waals surface area contributed by atoms with Crippen molar-refractivity contribution in [1.29, 1.82) is 0 Å². The second-order valence-electron chi connectivity index (χ2n) is 7.73. The summed E-state index contributed by atoms with van der Waals surface area (Å²) in [6.45, 7) is 6.40. The van der Waals surface area contributed by atoms with Gasteiger partial charge in [-0.25, -0.2) is 0 Å². The molecule has 0 unspecified atom stereocenters. The molecular weight excluding hydrogens is 298 g/mol. The molecule has 1 saturated heterocycles. The minimum Gasteiger partial charge on any atom is -0.274 e. The van der Waals surface area contributed by atoms with Gasteiger partial charge in [0, 0.05) is 0 Å². The van der Waals surface area contributed by atoms with Gasteiger partial charge >= 0.3 is 0 Å². The van der Waals surface area contributed by atoms with E-state index in [4.69, 9.17) is 0 Å². The van der Waals surface area contributed by atoms with Crippen LogP contribution in [0.3, 0.4) is 0 Å². The molecule has 3 nitrogen and oxygen atoms in total. The molecule has 3 heteroatoms. The number of allylic oxidation sites excluding steroid dienone is 2. The van der Waals surface area contributed by atoms with E-state index in [2.05, 4.69) is 20.8 Å². The SMILES string of the molecule is CCCc1ccc(N2C(=O)[C@@H]3[C@H](C2=O)[C@@H]2CC[C@@H]3C2=C(C)C)cc1. The Morgan fingerprint density at radius 3 is 2.00 bits per heavy atom. The van der Waals surface area contributed by atoms with Crippen molar-refractivity contribution in [2.45, 2.75) is 46.5 Å². The van der Waals surface area contributed by atoms with E-state index in [0.717, 1.165) is 31.4 Å². The predicted octanol–water partition coefficient (Wildman–Crippen LogP) is 4.12. The summed E-state index contributed by atoms with van der Waals surface area (Å²) in [4.78, 5) is 27.6. The maximum absolute atomic E-state index is 13.0. The standard InChI is InChI=1S/C21H25NO2/c1-4-5-13-6-8-14(9-7-13)22-20(23)18-15-10-11-16(17(15)12(2)3)19(18)21(22)24/h6-9,15-16,18-19H,4-5,10-11H2,1-3H3/t15-,16-,18-,19+/m1/s1. The molecule has 1 aromatic rings. The first-order valence-electron chi connectivity index (χ1n) is 9.18. The summed E-state index contributed by atoms with van der Waals surface area (Å²) in [5.41, 5.74) is 4.72. The van der Waals surface area contributed by atoms with Crippen LogP contribution in [0, 0.1) is 23.7 Å². The number of hydrogen-bond acceptors (Lipinski definition) is 2. The predicted molar refractivity (Wildman–Crippen MR) is 94.5 cm³/mol. The lowest BCUT2D eigenvalue weighted by Gasteiger charge is -2.19. The molecule has 3 aliphatic rings. The molecule has 0 spiro atoms. The number of imide groups is 1. The Balaban J connectivity index is 1.67. The second-order valence-corrected chi connectivity index (χ2v) is 7.73. The lowest BCUT2D eigenvalue weighted by atomic mass is 9.81. The molecule has 3 fully saturated rings. The molecule has 2 bridgehead atoms. The molecule has 1 aromatic carbocycles. The fraction of sp³-hybridized carbons (Fsp3) is 0.524. The van der Waals surface area contributed by atoms with E-state index in [1.807, 2.05) is 24.3 Å². The van der Waals surface area contributed by atoms with Gasteiger partial charge in [-0.15, -0.1) is 0 Å². The van der Waals surface area contributed by atoms with Crippen LogP contribution < -0.4 is 4.90 Å². The molecule has 2 aliphatic carbocycles. The van der Waals surface area contributed by atoms with Crippen LogP contribution >= 0.6 is 0 Å². The molecule has 1 aliphatic heterocycles. The van der Waals surface area contributed by atoms with Gasteiger partial charge in [0.1, 0.15) is 0 Å². The summed E-state index contributed by atoms with van der Waals surface area (Å²) in [7, 11) is 0. The molecule has 24 heavy (non-hydrogen) atoms. The Hall–Kier alpha value is -1.90. The van der Waals surface area contributed by atoms with Crippen LogP contribution in [0.1, 0.15) is 45.6 Å². The number of aryl methyl sites for hydroxylation is 1. The number of benzene rings is 1. The van der Waals surface area contributed by atoms with Crippen molar-refractivity contribution >= 4 is 17.5 Å². The van der Waals surface area contributed by atoms with Gasteiger partial charge in [0.25, 0.3) is 0 Å². The van der Waals surface area contributed by atoms with Crippen molar-refractivity contribution < 1.29 is 9.59 Å². The number of fused-ring (bicyclic) bond motifs is 5. The first-order chi connectivity index (χ1) is 11.5. The number of carbonyl (C=O) groups excluding carboxylic acids is 2. The van der Waals surface area contributed by atoms with Crippen LogP contribution in [0.4, 0.5) is 5.69 Å². The molecule has 1 heterocycles. The van der Waals surface area contributed by atoms with E-state index >= 15 is 0 Å². The summed E-state index contributed by atoms with van der Waals surface area (Å²) in [6.07, 6.45) is 4.25.